The summed E-state index contributed by atoms with van der Waals surface area (Å²) in [4.78, 5) is 14.7. The molecular formula is C23H26N2O3. The molecule has 3 aromatic rings. The minimum Gasteiger partial charge on any atom is -0.383 e. The van der Waals surface area contributed by atoms with Crippen molar-refractivity contribution >= 4 is 5.91 Å². The minimum absolute atomic E-state index is 0.0480. The molecule has 146 valence electrons. The fraction of sp³-hybridized carbons (Fsp3) is 0.304. The highest BCUT2D eigenvalue weighted by Gasteiger charge is 2.18. The summed E-state index contributed by atoms with van der Waals surface area (Å²) >= 11 is 0. The molecule has 1 heterocycles. The molecule has 3 rings (SSSR count). The molecule has 1 aromatic heterocycles. The molecule has 0 saturated carbocycles. The van der Waals surface area contributed by atoms with Crippen molar-refractivity contribution in [1.29, 1.82) is 0 Å². The Kier molecular flexibility index (Phi) is 6.26. The number of carbonyl (C=O) groups excluding carboxylic acids is 1. The van der Waals surface area contributed by atoms with Crippen molar-refractivity contribution in [2.24, 2.45) is 0 Å². The van der Waals surface area contributed by atoms with Crippen LogP contribution in [0.15, 0.2) is 53.1 Å². The number of methoxy groups -OCH3 is 1. The second-order valence-corrected chi connectivity index (χ2v) is 7.09. The summed E-state index contributed by atoms with van der Waals surface area (Å²) in [6, 6.07) is 15.7. The zero-order chi connectivity index (χ0) is 20.1. The Morgan fingerprint density at radius 2 is 1.75 bits per heavy atom. The van der Waals surface area contributed by atoms with Gasteiger partial charge in [0, 0.05) is 30.8 Å². The van der Waals surface area contributed by atoms with E-state index in [0.29, 0.717) is 36.7 Å². The summed E-state index contributed by atoms with van der Waals surface area (Å²) in [5.74, 6) is 0.662. The van der Waals surface area contributed by atoms with E-state index < -0.39 is 0 Å². The van der Waals surface area contributed by atoms with E-state index in [1.54, 1.807) is 12.0 Å². The highest BCUT2D eigenvalue weighted by molar-refractivity contribution is 5.94. The van der Waals surface area contributed by atoms with Gasteiger partial charge in [0.05, 0.1) is 13.2 Å². The molecule has 0 atom stereocenters. The molecule has 0 saturated heterocycles. The summed E-state index contributed by atoms with van der Waals surface area (Å²) in [7, 11) is 1.63. The molecule has 0 unspecified atom stereocenters. The number of nitrogens with zero attached hydrogens (tertiary/aromatic N) is 2. The van der Waals surface area contributed by atoms with Gasteiger partial charge in [-0.2, -0.15) is 0 Å². The lowest BCUT2D eigenvalue weighted by Crippen LogP contribution is -2.33. The maximum atomic E-state index is 12.9. The lowest BCUT2D eigenvalue weighted by atomic mass is 10.0. The van der Waals surface area contributed by atoms with Crippen LogP contribution in [-0.4, -0.2) is 36.2 Å². The van der Waals surface area contributed by atoms with Crippen LogP contribution in [0.4, 0.5) is 0 Å². The summed E-state index contributed by atoms with van der Waals surface area (Å²) < 4.78 is 10.7. The molecule has 1 amide bonds. The largest absolute Gasteiger partial charge is 0.383 e. The molecule has 2 aromatic carbocycles. The van der Waals surface area contributed by atoms with Crippen molar-refractivity contribution in [2.45, 2.75) is 27.3 Å². The van der Waals surface area contributed by atoms with Gasteiger partial charge >= 0.3 is 0 Å². The number of aryl methyl sites for hydroxylation is 3. The van der Waals surface area contributed by atoms with Gasteiger partial charge in [0.2, 0.25) is 0 Å². The molecule has 0 fully saturated rings. The lowest BCUT2D eigenvalue weighted by molar-refractivity contribution is 0.0676. The first-order valence-electron chi connectivity index (χ1n) is 9.36. The minimum atomic E-state index is -0.0480. The third-order valence-electron chi connectivity index (χ3n) is 4.71. The Labute approximate surface area is 165 Å². The quantitative estimate of drug-likeness (QED) is 0.605. The van der Waals surface area contributed by atoms with Gasteiger partial charge in [-0.05, 0) is 38.5 Å². The molecule has 5 heteroatoms. The van der Waals surface area contributed by atoms with Crippen molar-refractivity contribution < 1.29 is 14.1 Å². The first-order chi connectivity index (χ1) is 13.5. The van der Waals surface area contributed by atoms with Gasteiger partial charge in [0.15, 0.2) is 5.76 Å². The maximum Gasteiger partial charge on any atom is 0.254 e. The number of hydrogen-bond donors (Lipinski definition) is 0. The molecule has 0 aliphatic carbocycles. The number of ether oxygens (including phenoxy) is 1. The third-order valence-corrected chi connectivity index (χ3v) is 4.71. The molecule has 0 radical (unpaired) electrons. The predicted octanol–water partition coefficient (Wildman–Crippen LogP) is 4.56. The van der Waals surface area contributed by atoms with Gasteiger partial charge in [-0.15, -0.1) is 0 Å². The van der Waals surface area contributed by atoms with Crippen LogP contribution in [0.5, 0.6) is 0 Å². The summed E-state index contributed by atoms with van der Waals surface area (Å²) in [6.45, 7) is 7.42. The number of carbonyl (C=O) groups is 1. The highest BCUT2D eigenvalue weighted by Crippen LogP contribution is 2.25. The summed E-state index contributed by atoms with van der Waals surface area (Å²) in [6.07, 6.45) is 0. The second kappa shape index (κ2) is 8.85. The van der Waals surface area contributed by atoms with E-state index in [1.807, 2.05) is 43.3 Å². The fourth-order valence-corrected chi connectivity index (χ4v) is 3.13. The van der Waals surface area contributed by atoms with Gasteiger partial charge in [-0.1, -0.05) is 46.6 Å². The Balaban J connectivity index is 1.80. The Hall–Kier alpha value is -2.92. The van der Waals surface area contributed by atoms with Crippen LogP contribution in [0.2, 0.25) is 0 Å². The zero-order valence-corrected chi connectivity index (χ0v) is 16.9. The van der Waals surface area contributed by atoms with Crippen LogP contribution >= 0.6 is 0 Å². The standard InChI is InChI=1S/C23H26N2O3/c1-16-5-8-19(9-6-16)23(26)25(11-12-27-4)15-20-14-22(28-24-20)21-10-7-17(2)13-18(21)3/h5-10,13-14H,11-12,15H2,1-4H3. The van der Waals surface area contributed by atoms with Crippen LogP contribution < -0.4 is 0 Å². The van der Waals surface area contributed by atoms with Crippen molar-refractivity contribution in [3.05, 3.63) is 76.5 Å². The van der Waals surface area contributed by atoms with Crippen molar-refractivity contribution in [2.75, 3.05) is 20.3 Å². The molecule has 5 nitrogen and oxygen atoms in total. The van der Waals surface area contributed by atoms with Gasteiger partial charge < -0.3 is 14.2 Å². The number of aromatic nitrogens is 1. The lowest BCUT2D eigenvalue weighted by Gasteiger charge is -2.21. The summed E-state index contributed by atoms with van der Waals surface area (Å²) in [5, 5.41) is 4.18. The van der Waals surface area contributed by atoms with Crippen LogP contribution in [-0.2, 0) is 11.3 Å². The molecule has 0 bridgehead atoms. The Morgan fingerprint density at radius 1 is 1.04 bits per heavy atom. The van der Waals surface area contributed by atoms with Crippen molar-refractivity contribution in [3.8, 4) is 11.3 Å². The van der Waals surface area contributed by atoms with E-state index in [0.717, 1.165) is 16.7 Å². The van der Waals surface area contributed by atoms with E-state index in [9.17, 15) is 4.79 Å². The van der Waals surface area contributed by atoms with Gasteiger partial charge in [-0.25, -0.2) is 0 Å². The normalized spacial score (nSPS) is 10.9. The topological polar surface area (TPSA) is 55.6 Å². The average Bonchev–Trinajstić information content (AvgIpc) is 3.13. The number of amides is 1. The van der Waals surface area contributed by atoms with Crippen molar-refractivity contribution in [1.82, 2.24) is 10.1 Å². The predicted molar refractivity (Wildman–Crippen MR) is 109 cm³/mol. The van der Waals surface area contributed by atoms with E-state index in [2.05, 4.69) is 31.1 Å². The van der Waals surface area contributed by atoms with Gasteiger partial charge in [0.1, 0.15) is 5.69 Å². The number of rotatable bonds is 7. The zero-order valence-electron chi connectivity index (χ0n) is 16.9. The smallest absolute Gasteiger partial charge is 0.254 e. The molecule has 0 N–H and O–H groups in total. The second-order valence-electron chi connectivity index (χ2n) is 7.09. The SMILES string of the molecule is COCCN(Cc1cc(-c2ccc(C)cc2C)on1)C(=O)c1ccc(C)cc1. The first-order valence-corrected chi connectivity index (χ1v) is 9.36. The Morgan fingerprint density at radius 3 is 2.43 bits per heavy atom. The number of benzene rings is 2. The Bertz CT molecular complexity index is 945. The first kappa shape index (κ1) is 19.8. The molecular weight excluding hydrogens is 352 g/mol. The maximum absolute atomic E-state index is 12.9. The summed E-state index contributed by atoms with van der Waals surface area (Å²) in [5.41, 5.74) is 5.84. The fourth-order valence-electron chi connectivity index (χ4n) is 3.13. The van der Waals surface area contributed by atoms with Crippen molar-refractivity contribution in [3.63, 3.8) is 0 Å². The van der Waals surface area contributed by atoms with Crippen LogP contribution in [0, 0.1) is 20.8 Å². The highest BCUT2D eigenvalue weighted by atomic mass is 16.5. The molecule has 0 aliphatic rings. The van der Waals surface area contributed by atoms with E-state index >= 15 is 0 Å². The average molecular weight is 378 g/mol. The van der Waals surface area contributed by atoms with Gasteiger partial charge in [-0.3, -0.25) is 4.79 Å². The van der Waals surface area contributed by atoms with Crippen LogP contribution in [0.1, 0.15) is 32.7 Å². The molecule has 0 spiro atoms. The third kappa shape index (κ3) is 4.67. The van der Waals surface area contributed by atoms with E-state index in [4.69, 9.17) is 9.26 Å². The van der Waals surface area contributed by atoms with Crippen LogP contribution in [0.3, 0.4) is 0 Å². The number of hydrogen-bond acceptors (Lipinski definition) is 4. The van der Waals surface area contributed by atoms with Gasteiger partial charge in [0.25, 0.3) is 5.91 Å². The van der Waals surface area contributed by atoms with E-state index in [1.165, 1.54) is 5.56 Å². The van der Waals surface area contributed by atoms with E-state index in [-0.39, 0.29) is 5.91 Å². The monoisotopic (exact) mass is 378 g/mol. The molecule has 28 heavy (non-hydrogen) atoms. The molecule has 0 aliphatic heterocycles. The van der Waals surface area contributed by atoms with Crippen LogP contribution in [0.25, 0.3) is 11.3 Å².